The van der Waals surface area contributed by atoms with Gasteiger partial charge in [0.1, 0.15) is 5.82 Å². The van der Waals surface area contributed by atoms with Gasteiger partial charge in [-0.05, 0) is 87.1 Å². The highest BCUT2D eigenvalue weighted by Gasteiger charge is 2.31. The third-order valence-corrected chi connectivity index (χ3v) is 7.63. The average molecular weight is 544 g/mol. The summed E-state index contributed by atoms with van der Waals surface area (Å²) in [6.07, 6.45) is 2.56. The van der Waals surface area contributed by atoms with Crippen molar-refractivity contribution in [1.82, 2.24) is 20.9 Å². The molecule has 0 saturated carbocycles. The highest BCUT2D eigenvalue weighted by molar-refractivity contribution is 6.42. The van der Waals surface area contributed by atoms with Gasteiger partial charge < -0.3 is 20.9 Å². The molecule has 0 radical (unpaired) electrons. The van der Waals surface area contributed by atoms with Gasteiger partial charge >= 0.3 is 6.03 Å². The molecule has 2 aromatic carbocycles. The molecule has 0 spiro atoms. The Bertz CT molecular complexity index is 1270. The van der Waals surface area contributed by atoms with Gasteiger partial charge in [-0.1, -0.05) is 35.3 Å². The van der Waals surface area contributed by atoms with Gasteiger partial charge in [0, 0.05) is 12.2 Å². The second kappa shape index (κ2) is 12.0. The van der Waals surface area contributed by atoms with Gasteiger partial charge in [-0.15, -0.1) is 0 Å². The Morgan fingerprint density at radius 3 is 2.65 bits per heavy atom. The van der Waals surface area contributed by atoms with Crippen molar-refractivity contribution in [3.63, 3.8) is 0 Å². The van der Waals surface area contributed by atoms with Crippen molar-refractivity contribution in [2.24, 2.45) is 0 Å². The average Bonchev–Trinajstić information content (AvgIpc) is 2.88. The van der Waals surface area contributed by atoms with E-state index in [2.05, 4.69) is 26.9 Å². The third kappa shape index (κ3) is 6.42. The second-order valence-corrected chi connectivity index (χ2v) is 10.1. The third-order valence-electron chi connectivity index (χ3n) is 6.89. The Kier molecular flexibility index (Phi) is 8.70. The molecular weight excluding hydrogens is 516 g/mol. The van der Waals surface area contributed by atoms with Gasteiger partial charge in [-0.3, -0.25) is 4.79 Å². The summed E-state index contributed by atoms with van der Waals surface area (Å²) in [5.74, 6) is -0.408. The minimum atomic E-state index is -0.646. The molecule has 3 N–H and O–H groups in total. The lowest BCUT2D eigenvalue weighted by molar-refractivity contribution is -0.118. The summed E-state index contributed by atoms with van der Waals surface area (Å²) in [6.45, 7) is 4.75. The molecule has 194 valence electrons. The zero-order valence-corrected chi connectivity index (χ0v) is 21.9. The maximum absolute atomic E-state index is 13.5. The van der Waals surface area contributed by atoms with Crippen LogP contribution in [0.1, 0.15) is 54.8 Å². The largest absolute Gasteiger partial charge is 0.352 e. The Labute approximate surface area is 225 Å². The lowest BCUT2D eigenvalue weighted by Gasteiger charge is -2.32. The lowest BCUT2D eigenvalue weighted by Crippen LogP contribution is -2.47. The van der Waals surface area contributed by atoms with Crippen LogP contribution in [0.4, 0.5) is 9.18 Å². The van der Waals surface area contributed by atoms with Crippen LogP contribution in [0.25, 0.3) is 0 Å². The fourth-order valence-corrected chi connectivity index (χ4v) is 5.29. The van der Waals surface area contributed by atoms with Gasteiger partial charge in [-0.2, -0.15) is 5.26 Å². The zero-order chi connectivity index (χ0) is 26.5. The van der Waals surface area contributed by atoms with Crippen molar-refractivity contribution in [3.05, 3.63) is 80.2 Å². The Hall–Kier alpha value is -3.12. The lowest BCUT2D eigenvalue weighted by atomic mass is 9.86. The van der Waals surface area contributed by atoms with Crippen molar-refractivity contribution in [1.29, 1.82) is 5.26 Å². The quantitative estimate of drug-likeness (QED) is 0.427. The van der Waals surface area contributed by atoms with E-state index in [1.54, 1.807) is 31.2 Å². The molecule has 0 unspecified atom stereocenters. The van der Waals surface area contributed by atoms with E-state index in [0.29, 0.717) is 39.0 Å². The van der Waals surface area contributed by atoms with Crippen LogP contribution in [-0.4, -0.2) is 43.0 Å². The van der Waals surface area contributed by atoms with E-state index in [9.17, 15) is 19.2 Å². The van der Waals surface area contributed by atoms with E-state index in [1.807, 2.05) is 0 Å². The van der Waals surface area contributed by atoms with Crippen LogP contribution in [0.3, 0.4) is 0 Å². The monoisotopic (exact) mass is 543 g/mol. The summed E-state index contributed by atoms with van der Waals surface area (Å²) >= 11 is 12.2. The predicted molar refractivity (Wildman–Crippen MR) is 141 cm³/mol. The highest BCUT2D eigenvalue weighted by Crippen LogP contribution is 2.32. The molecule has 0 aromatic heterocycles. The van der Waals surface area contributed by atoms with Crippen molar-refractivity contribution in [2.75, 3.05) is 26.2 Å². The zero-order valence-electron chi connectivity index (χ0n) is 20.4. The maximum atomic E-state index is 13.5. The molecule has 1 atom stereocenters. The first-order valence-electron chi connectivity index (χ1n) is 12.2. The summed E-state index contributed by atoms with van der Waals surface area (Å²) < 4.78 is 13.5. The minimum absolute atomic E-state index is 0.244. The number of amides is 3. The number of benzene rings is 2. The molecule has 3 amide bonds. The molecule has 4 rings (SSSR count). The number of nitrogens with zero attached hydrogens (tertiary/aromatic N) is 2. The molecule has 37 heavy (non-hydrogen) atoms. The topological polar surface area (TPSA) is 97.3 Å². The van der Waals surface area contributed by atoms with Crippen LogP contribution in [0.2, 0.25) is 10.0 Å². The Morgan fingerprint density at radius 2 is 1.95 bits per heavy atom. The van der Waals surface area contributed by atoms with Gasteiger partial charge in [0.2, 0.25) is 0 Å². The standard InChI is InChI=1S/C27H28Cl2FN5O2/c1-16-24(25(34-27(37)33-16)18-3-6-22(28)23(29)14-18)26(36)32-9-2-10-35-11-7-17(8-12-35)21-5-4-20(30)13-19(21)15-31/h3-6,13-14,17,25H,2,7-12H2,1H3,(H,32,36)(H2,33,34,37)/t25-/m1/s1. The fourth-order valence-electron chi connectivity index (χ4n) is 4.99. The van der Waals surface area contributed by atoms with Crippen molar-refractivity contribution in [2.45, 2.75) is 38.1 Å². The summed E-state index contributed by atoms with van der Waals surface area (Å²) in [4.78, 5) is 27.5. The number of carbonyl (C=O) groups excluding carboxylic acids is 2. The van der Waals surface area contributed by atoms with E-state index in [4.69, 9.17) is 23.2 Å². The van der Waals surface area contributed by atoms with Crippen molar-refractivity contribution >= 4 is 35.1 Å². The summed E-state index contributed by atoms with van der Waals surface area (Å²) in [7, 11) is 0. The highest BCUT2D eigenvalue weighted by atomic mass is 35.5. The molecule has 1 saturated heterocycles. The van der Waals surface area contributed by atoms with E-state index < -0.39 is 12.1 Å². The van der Waals surface area contributed by atoms with Crippen molar-refractivity contribution in [3.8, 4) is 6.07 Å². The number of likely N-dealkylation sites (tertiary alicyclic amines) is 1. The number of hydrogen-bond donors (Lipinski definition) is 3. The van der Waals surface area contributed by atoms with Crippen LogP contribution in [0, 0.1) is 17.1 Å². The molecule has 2 aromatic rings. The molecule has 1 fully saturated rings. The first-order valence-corrected chi connectivity index (χ1v) is 13.0. The number of rotatable bonds is 7. The molecule has 7 nitrogen and oxygen atoms in total. The molecule has 0 bridgehead atoms. The molecule has 2 aliphatic rings. The van der Waals surface area contributed by atoms with Gasteiger partial charge in [0.05, 0.1) is 33.3 Å². The number of piperidine rings is 1. The smallest absolute Gasteiger partial charge is 0.319 e. The minimum Gasteiger partial charge on any atom is -0.352 e. The number of urea groups is 1. The number of nitriles is 1. The molecule has 2 heterocycles. The Morgan fingerprint density at radius 1 is 1.19 bits per heavy atom. The van der Waals surface area contributed by atoms with Crippen LogP contribution < -0.4 is 16.0 Å². The summed E-state index contributed by atoms with van der Waals surface area (Å²) in [5.41, 5.74) is 2.91. The van der Waals surface area contributed by atoms with E-state index in [1.165, 1.54) is 12.1 Å². The van der Waals surface area contributed by atoms with Crippen LogP contribution in [0.15, 0.2) is 47.7 Å². The molecule has 0 aliphatic carbocycles. The molecule has 2 aliphatic heterocycles. The molecule has 10 heteroatoms. The normalized spacial score (nSPS) is 18.7. The van der Waals surface area contributed by atoms with E-state index in [-0.39, 0.29) is 17.6 Å². The maximum Gasteiger partial charge on any atom is 0.319 e. The summed E-state index contributed by atoms with van der Waals surface area (Å²) in [5, 5.41) is 18.5. The van der Waals surface area contributed by atoms with Gasteiger partial charge in [0.15, 0.2) is 0 Å². The van der Waals surface area contributed by atoms with Crippen LogP contribution >= 0.6 is 23.2 Å². The van der Waals surface area contributed by atoms with E-state index >= 15 is 0 Å². The number of nitrogens with one attached hydrogen (secondary N) is 3. The number of hydrogen-bond acceptors (Lipinski definition) is 4. The Balaban J connectivity index is 1.29. The molecular formula is C27H28Cl2FN5O2. The SMILES string of the molecule is CC1=C(C(=O)NCCCN2CCC(c3ccc(F)cc3C#N)CC2)[C@@H](c2ccc(Cl)c(Cl)c2)NC(=O)N1. The van der Waals surface area contributed by atoms with Crippen LogP contribution in [0.5, 0.6) is 0 Å². The van der Waals surface area contributed by atoms with Gasteiger partial charge in [0.25, 0.3) is 5.91 Å². The van der Waals surface area contributed by atoms with Crippen LogP contribution in [-0.2, 0) is 4.79 Å². The van der Waals surface area contributed by atoms with E-state index in [0.717, 1.165) is 44.5 Å². The second-order valence-electron chi connectivity index (χ2n) is 9.31. The van der Waals surface area contributed by atoms with Gasteiger partial charge in [-0.25, -0.2) is 9.18 Å². The fraction of sp³-hybridized carbons (Fsp3) is 0.370. The number of allylic oxidation sites excluding steroid dienone is 1. The number of carbonyl (C=O) groups is 2. The first-order chi connectivity index (χ1) is 17.8. The number of halogens is 3. The summed E-state index contributed by atoms with van der Waals surface area (Å²) in [6, 6.07) is 10.6. The van der Waals surface area contributed by atoms with Crippen molar-refractivity contribution < 1.29 is 14.0 Å². The first kappa shape index (κ1) is 26.9. The predicted octanol–water partition coefficient (Wildman–Crippen LogP) is 5.02.